The maximum atomic E-state index is 11.1. The first-order valence-corrected chi connectivity index (χ1v) is 6.88. The first kappa shape index (κ1) is 11.3. The third-order valence-corrected chi connectivity index (χ3v) is 4.75. The third kappa shape index (κ3) is 2.01. The van der Waals surface area contributed by atoms with Gasteiger partial charge in [0.05, 0.1) is 6.61 Å². The smallest absolute Gasteiger partial charge is 0.330 e. The molecule has 4 atom stereocenters. The molecule has 3 fully saturated rings. The monoisotopic (exact) mass is 235 g/mol. The van der Waals surface area contributed by atoms with Crippen LogP contribution in [-0.4, -0.2) is 25.2 Å². The molecule has 0 radical (unpaired) electrons. The lowest BCUT2D eigenvalue weighted by molar-refractivity contribution is -0.137. The summed E-state index contributed by atoms with van der Waals surface area (Å²) in [7, 11) is 0. The van der Waals surface area contributed by atoms with Gasteiger partial charge in [0, 0.05) is 18.7 Å². The van der Waals surface area contributed by atoms with Crippen molar-refractivity contribution in [3.05, 3.63) is 12.2 Å². The summed E-state index contributed by atoms with van der Waals surface area (Å²) in [4.78, 5) is 11.1. The molecule has 3 nitrogen and oxygen atoms in total. The van der Waals surface area contributed by atoms with Gasteiger partial charge < -0.3 is 10.1 Å². The van der Waals surface area contributed by atoms with Crippen molar-refractivity contribution in [2.45, 2.75) is 32.2 Å². The van der Waals surface area contributed by atoms with Gasteiger partial charge >= 0.3 is 5.97 Å². The Morgan fingerprint density at radius 2 is 2.06 bits per heavy atom. The van der Waals surface area contributed by atoms with E-state index in [1.165, 1.54) is 25.3 Å². The highest BCUT2D eigenvalue weighted by molar-refractivity contribution is 5.81. The highest BCUT2D eigenvalue weighted by Crippen LogP contribution is 2.65. The van der Waals surface area contributed by atoms with Crippen LogP contribution < -0.4 is 5.32 Å². The van der Waals surface area contributed by atoms with Crippen LogP contribution in [0.25, 0.3) is 0 Å². The molecule has 0 aromatic carbocycles. The molecule has 2 bridgehead atoms. The van der Waals surface area contributed by atoms with Crippen molar-refractivity contribution in [1.29, 1.82) is 0 Å². The summed E-state index contributed by atoms with van der Waals surface area (Å²) < 4.78 is 4.83. The van der Waals surface area contributed by atoms with Crippen LogP contribution in [0.15, 0.2) is 12.2 Å². The van der Waals surface area contributed by atoms with E-state index < -0.39 is 0 Å². The van der Waals surface area contributed by atoms with Crippen LogP contribution in [0.2, 0.25) is 0 Å². The molecule has 1 N–H and O–H groups in total. The Morgan fingerprint density at radius 3 is 2.71 bits per heavy atom. The van der Waals surface area contributed by atoms with Gasteiger partial charge in [-0.1, -0.05) is 6.08 Å². The molecule has 3 heteroatoms. The second-order valence-electron chi connectivity index (χ2n) is 5.58. The van der Waals surface area contributed by atoms with E-state index in [0.717, 1.165) is 36.3 Å². The number of esters is 1. The Bertz CT molecular complexity index is 323. The molecular formula is C14H21NO2. The molecule has 3 aliphatic rings. The largest absolute Gasteiger partial charge is 0.463 e. The van der Waals surface area contributed by atoms with Gasteiger partial charge in [0.25, 0.3) is 0 Å². The van der Waals surface area contributed by atoms with Gasteiger partial charge in [-0.25, -0.2) is 4.79 Å². The molecule has 3 rings (SSSR count). The minimum atomic E-state index is -0.231. The summed E-state index contributed by atoms with van der Waals surface area (Å²) in [5.41, 5.74) is 0. The van der Waals surface area contributed by atoms with Gasteiger partial charge in [0.2, 0.25) is 0 Å². The molecule has 94 valence electrons. The molecule has 0 aliphatic heterocycles. The van der Waals surface area contributed by atoms with Crippen LogP contribution in [0.4, 0.5) is 0 Å². The van der Waals surface area contributed by atoms with Gasteiger partial charge in [-0.15, -0.1) is 0 Å². The Labute approximate surface area is 103 Å². The lowest BCUT2D eigenvalue weighted by Crippen LogP contribution is -2.23. The van der Waals surface area contributed by atoms with E-state index in [1.807, 2.05) is 13.0 Å². The van der Waals surface area contributed by atoms with Gasteiger partial charge in [0.15, 0.2) is 0 Å². The molecule has 17 heavy (non-hydrogen) atoms. The lowest BCUT2D eigenvalue weighted by Gasteiger charge is -2.08. The summed E-state index contributed by atoms with van der Waals surface area (Å²) in [5, 5.41) is 3.56. The van der Waals surface area contributed by atoms with E-state index >= 15 is 0 Å². The number of hydrogen-bond donors (Lipinski definition) is 1. The van der Waals surface area contributed by atoms with Crippen molar-refractivity contribution in [3.8, 4) is 0 Å². The zero-order valence-corrected chi connectivity index (χ0v) is 10.4. The standard InChI is InChI=1S/C14H21NO2/c1-2-17-11(16)4-3-7-15-14-12-9-5-6-10(8-9)13(12)14/h3-4,9-10,12-15H,2,5-8H2,1H3/b4-3+. The van der Waals surface area contributed by atoms with Gasteiger partial charge in [0.1, 0.15) is 0 Å². The number of ether oxygens (including phenoxy) is 1. The SMILES string of the molecule is CCOC(=O)/C=C/CNC1C2C3CCC(C3)C12. The predicted octanol–water partition coefficient (Wildman–Crippen LogP) is 1.74. The maximum absolute atomic E-state index is 11.1. The van der Waals surface area contributed by atoms with Crippen LogP contribution >= 0.6 is 0 Å². The Kier molecular flexibility index (Phi) is 2.95. The third-order valence-electron chi connectivity index (χ3n) is 4.75. The fourth-order valence-corrected chi connectivity index (χ4v) is 4.15. The van der Waals surface area contributed by atoms with Crippen LogP contribution in [0.5, 0.6) is 0 Å². The van der Waals surface area contributed by atoms with Crippen molar-refractivity contribution in [2.24, 2.45) is 23.7 Å². The van der Waals surface area contributed by atoms with Crippen LogP contribution in [0.1, 0.15) is 26.2 Å². The lowest BCUT2D eigenvalue weighted by atomic mass is 10.0. The molecule has 0 spiro atoms. The van der Waals surface area contributed by atoms with Crippen LogP contribution in [0, 0.1) is 23.7 Å². The topological polar surface area (TPSA) is 38.3 Å². The van der Waals surface area contributed by atoms with E-state index in [0.29, 0.717) is 6.61 Å². The number of rotatable bonds is 5. The first-order chi connectivity index (χ1) is 8.31. The van der Waals surface area contributed by atoms with Crippen molar-refractivity contribution in [1.82, 2.24) is 5.32 Å². The summed E-state index contributed by atoms with van der Waals surface area (Å²) >= 11 is 0. The second kappa shape index (κ2) is 4.45. The summed E-state index contributed by atoms with van der Waals surface area (Å²) in [5.74, 6) is 3.72. The summed E-state index contributed by atoms with van der Waals surface area (Å²) in [6, 6.07) is 0.744. The van der Waals surface area contributed by atoms with Gasteiger partial charge in [-0.2, -0.15) is 0 Å². The normalized spacial score (nSPS) is 41.8. The van der Waals surface area contributed by atoms with Crippen LogP contribution in [-0.2, 0) is 9.53 Å². The zero-order valence-electron chi connectivity index (χ0n) is 10.4. The Balaban J connectivity index is 1.38. The molecular weight excluding hydrogens is 214 g/mol. The van der Waals surface area contributed by atoms with Crippen molar-refractivity contribution in [3.63, 3.8) is 0 Å². The molecule has 0 aromatic rings. The van der Waals surface area contributed by atoms with Crippen molar-refractivity contribution >= 4 is 5.97 Å². The number of carbonyl (C=O) groups excluding carboxylic acids is 1. The van der Waals surface area contributed by atoms with E-state index in [4.69, 9.17) is 4.74 Å². The molecule has 0 amide bonds. The Hall–Kier alpha value is -0.830. The van der Waals surface area contributed by atoms with Crippen LogP contribution in [0.3, 0.4) is 0 Å². The second-order valence-corrected chi connectivity index (χ2v) is 5.58. The van der Waals surface area contributed by atoms with Gasteiger partial charge in [-0.05, 0) is 49.9 Å². The summed E-state index contributed by atoms with van der Waals surface area (Å²) in [6.45, 7) is 3.08. The fraction of sp³-hybridized carbons (Fsp3) is 0.786. The highest BCUT2D eigenvalue weighted by atomic mass is 16.5. The van der Waals surface area contributed by atoms with E-state index in [9.17, 15) is 4.79 Å². The minimum absolute atomic E-state index is 0.231. The Morgan fingerprint density at radius 1 is 1.35 bits per heavy atom. The molecule has 0 aromatic heterocycles. The number of nitrogens with one attached hydrogen (secondary N) is 1. The van der Waals surface area contributed by atoms with Gasteiger partial charge in [-0.3, -0.25) is 0 Å². The molecule has 0 saturated heterocycles. The fourth-order valence-electron chi connectivity index (χ4n) is 4.15. The van der Waals surface area contributed by atoms with E-state index in [2.05, 4.69) is 5.32 Å². The maximum Gasteiger partial charge on any atom is 0.330 e. The molecule has 3 saturated carbocycles. The minimum Gasteiger partial charge on any atom is -0.463 e. The predicted molar refractivity (Wildman–Crippen MR) is 65.4 cm³/mol. The highest BCUT2D eigenvalue weighted by Gasteiger charge is 2.64. The number of carbonyl (C=O) groups is 1. The molecule has 3 aliphatic carbocycles. The average molecular weight is 235 g/mol. The van der Waals surface area contributed by atoms with E-state index in [1.54, 1.807) is 0 Å². The summed E-state index contributed by atoms with van der Waals surface area (Å²) in [6.07, 6.45) is 7.83. The molecule has 4 unspecified atom stereocenters. The van der Waals surface area contributed by atoms with Crippen molar-refractivity contribution < 1.29 is 9.53 Å². The van der Waals surface area contributed by atoms with E-state index in [-0.39, 0.29) is 5.97 Å². The molecule has 0 heterocycles. The number of fused-ring (bicyclic) bond motifs is 5. The zero-order chi connectivity index (χ0) is 11.8. The number of hydrogen-bond acceptors (Lipinski definition) is 3. The quantitative estimate of drug-likeness (QED) is 0.582. The average Bonchev–Trinajstić information content (AvgIpc) is 2.70. The van der Waals surface area contributed by atoms with Crippen molar-refractivity contribution in [2.75, 3.05) is 13.2 Å². The first-order valence-electron chi connectivity index (χ1n) is 6.88.